The molecule has 0 bridgehead atoms. The number of imidazole rings is 1. The second kappa shape index (κ2) is 11.5. The van der Waals surface area contributed by atoms with Gasteiger partial charge in [-0.3, -0.25) is 4.68 Å². The largest absolute Gasteiger partial charge is 0.394 e. The Hall–Kier alpha value is -3.58. The SMILES string of the molecule is CCc1cnn([C@H]2CC(n3cnc4c(N[C@H](CO)Cc5ccccc5)nc(N[C@@H]5CCNC5)nc43)[C@H](O)[C@@H]2O)c1. The van der Waals surface area contributed by atoms with Gasteiger partial charge in [-0.25, -0.2) is 4.98 Å². The number of fused-ring (bicyclic) bond motifs is 1. The molecule has 2 fully saturated rings. The lowest BCUT2D eigenvalue weighted by molar-refractivity contribution is 0.00721. The Morgan fingerprint density at radius 2 is 1.93 bits per heavy atom. The number of benzene rings is 1. The van der Waals surface area contributed by atoms with Crippen LogP contribution < -0.4 is 16.0 Å². The minimum atomic E-state index is -1.03. The maximum absolute atomic E-state index is 11.1. The Labute approximate surface area is 232 Å². The summed E-state index contributed by atoms with van der Waals surface area (Å²) < 4.78 is 3.59. The molecule has 1 aliphatic heterocycles. The molecule has 6 rings (SSSR count). The number of hydrogen-bond acceptors (Lipinski definition) is 10. The average Bonchev–Trinajstić information content (AvgIpc) is 3.78. The highest BCUT2D eigenvalue weighted by atomic mass is 16.3. The topological polar surface area (TPSA) is 158 Å². The van der Waals surface area contributed by atoms with Crippen molar-refractivity contribution in [3.05, 3.63) is 60.2 Å². The fraction of sp³-hybridized carbons (Fsp3) is 0.500. The van der Waals surface area contributed by atoms with Crippen molar-refractivity contribution in [2.24, 2.45) is 0 Å². The first-order valence-corrected chi connectivity index (χ1v) is 14.1. The molecule has 1 unspecified atom stereocenters. The molecule has 1 saturated heterocycles. The number of aliphatic hydroxyl groups is 3. The molecule has 4 aromatic rings. The lowest BCUT2D eigenvalue weighted by atomic mass is 10.1. The zero-order chi connectivity index (χ0) is 27.6. The third-order valence-electron chi connectivity index (χ3n) is 8.08. The van der Waals surface area contributed by atoms with Gasteiger partial charge in [-0.2, -0.15) is 15.1 Å². The number of aryl methyl sites for hydroxylation is 1. The molecule has 6 N–H and O–H groups in total. The highest BCUT2D eigenvalue weighted by Crippen LogP contribution is 2.40. The molecule has 212 valence electrons. The van der Waals surface area contributed by atoms with Gasteiger partial charge in [-0.05, 0) is 43.4 Å². The van der Waals surface area contributed by atoms with Gasteiger partial charge in [0.05, 0.1) is 37.3 Å². The average molecular weight is 548 g/mol. The molecule has 1 saturated carbocycles. The van der Waals surface area contributed by atoms with Crippen LogP contribution in [0.3, 0.4) is 0 Å². The van der Waals surface area contributed by atoms with Crippen LogP contribution in [0, 0.1) is 0 Å². The zero-order valence-corrected chi connectivity index (χ0v) is 22.6. The Balaban J connectivity index is 1.33. The minimum Gasteiger partial charge on any atom is -0.394 e. The molecule has 1 aromatic carbocycles. The van der Waals surface area contributed by atoms with Crippen LogP contribution in [-0.4, -0.2) is 88.6 Å². The number of nitrogens with zero attached hydrogens (tertiary/aromatic N) is 6. The molecule has 0 amide bonds. The highest BCUT2D eigenvalue weighted by molar-refractivity contribution is 5.84. The molecule has 12 heteroatoms. The van der Waals surface area contributed by atoms with Crippen molar-refractivity contribution in [3.63, 3.8) is 0 Å². The van der Waals surface area contributed by atoms with Crippen molar-refractivity contribution in [3.8, 4) is 0 Å². The number of hydrogen-bond donors (Lipinski definition) is 6. The van der Waals surface area contributed by atoms with Crippen molar-refractivity contribution < 1.29 is 15.3 Å². The molecule has 3 aromatic heterocycles. The van der Waals surface area contributed by atoms with E-state index in [1.165, 1.54) is 0 Å². The van der Waals surface area contributed by atoms with Crippen LogP contribution in [0.1, 0.15) is 43.0 Å². The lowest BCUT2D eigenvalue weighted by Gasteiger charge is -2.20. The summed E-state index contributed by atoms with van der Waals surface area (Å²) in [7, 11) is 0. The maximum atomic E-state index is 11.1. The van der Waals surface area contributed by atoms with E-state index < -0.39 is 18.2 Å². The summed E-state index contributed by atoms with van der Waals surface area (Å²) in [5.41, 5.74) is 3.26. The second-order valence-corrected chi connectivity index (χ2v) is 10.8. The molecule has 0 spiro atoms. The fourth-order valence-electron chi connectivity index (χ4n) is 5.80. The predicted molar refractivity (Wildman–Crippen MR) is 151 cm³/mol. The normalized spacial score (nSPS) is 25.4. The van der Waals surface area contributed by atoms with E-state index in [1.807, 2.05) is 41.1 Å². The van der Waals surface area contributed by atoms with Crippen LogP contribution in [0.15, 0.2) is 49.1 Å². The molecule has 0 radical (unpaired) electrons. The number of anilines is 2. The first kappa shape index (κ1) is 26.6. The molecule has 6 atom stereocenters. The van der Waals surface area contributed by atoms with E-state index >= 15 is 0 Å². The van der Waals surface area contributed by atoms with Crippen LogP contribution in [0.2, 0.25) is 0 Å². The predicted octanol–water partition coefficient (Wildman–Crippen LogP) is 1.28. The van der Waals surface area contributed by atoms with Crippen molar-refractivity contribution in [1.82, 2.24) is 34.6 Å². The van der Waals surface area contributed by atoms with Gasteiger partial charge in [0.1, 0.15) is 12.2 Å². The number of aromatic nitrogens is 6. The van der Waals surface area contributed by atoms with E-state index in [9.17, 15) is 15.3 Å². The highest BCUT2D eigenvalue weighted by Gasteiger charge is 2.44. The van der Waals surface area contributed by atoms with E-state index in [0.29, 0.717) is 35.8 Å². The Morgan fingerprint density at radius 1 is 1.10 bits per heavy atom. The van der Waals surface area contributed by atoms with Crippen LogP contribution in [0.5, 0.6) is 0 Å². The monoisotopic (exact) mass is 547 g/mol. The van der Waals surface area contributed by atoms with Crippen LogP contribution in [-0.2, 0) is 12.8 Å². The smallest absolute Gasteiger partial charge is 0.227 e. The van der Waals surface area contributed by atoms with Gasteiger partial charge < -0.3 is 35.8 Å². The summed E-state index contributed by atoms with van der Waals surface area (Å²) >= 11 is 0. The third-order valence-corrected chi connectivity index (χ3v) is 8.08. The first-order chi connectivity index (χ1) is 19.5. The zero-order valence-electron chi connectivity index (χ0n) is 22.6. The molecule has 2 aliphatic rings. The quantitative estimate of drug-likeness (QED) is 0.171. The van der Waals surface area contributed by atoms with Gasteiger partial charge >= 0.3 is 0 Å². The van der Waals surface area contributed by atoms with Gasteiger partial charge in [-0.1, -0.05) is 37.3 Å². The van der Waals surface area contributed by atoms with Gasteiger partial charge in [0.2, 0.25) is 5.95 Å². The van der Waals surface area contributed by atoms with Crippen LogP contribution >= 0.6 is 0 Å². The summed E-state index contributed by atoms with van der Waals surface area (Å²) in [5.74, 6) is 0.961. The third kappa shape index (κ3) is 5.27. The Bertz CT molecular complexity index is 1420. The van der Waals surface area contributed by atoms with Crippen molar-refractivity contribution >= 4 is 22.9 Å². The molecule has 40 heavy (non-hydrogen) atoms. The van der Waals surface area contributed by atoms with Gasteiger partial charge in [0, 0.05) is 18.8 Å². The molecular formula is C28H37N9O3. The van der Waals surface area contributed by atoms with E-state index in [-0.39, 0.29) is 24.7 Å². The van der Waals surface area contributed by atoms with Gasteiger partial charge in [0.15, 0.2) is 17.0 Å². The van der Waals surface area contributed by atoms with Crippen molar-refractivity contribution in [1.29, 1.82) is 0 Å². The van der Waals surface area contributed by atoms with Crippen molar-refractivity contribution in [2.45, 2.75) is 69.0 Å². The van der Waals surface area contributed by atoms with Crippen LogP contribution in [0.25, 0.3) is 11.2 Å². The summed E-state index contributed by atoms with van der Waals surface area (Å²) in [4.78, 5) is 14.2. The standard InChI is InChI=1S/C28H37N9O3/c1-2-17-12-31-37(14-17)22-11-21(24(39)25(22)40)36-16-30-23-26(32-20(15-38)10-18-6-4-3-5-7-18)34-28(35-27(23)36)33-19-8-9-29-13-19/h3-7,12,14,16,19-22,24-25,29,38-40H,2,8-11,13,15H2,1H3,(H2,32,33,34,35)/t19-,20+,21?,22+,24+,25-/m1/s1. The molecule has 1 aliphatic carbocycles. The van der Waals surface area contributed by atoms with E-state index in [2.05, 4.69) is 33.0 Å². The summed E-state index contributed by atoms with van der Waals surface area (Å²) in [6.07, 6.45) is 6.24. The number of rotatable bonds is 10. The Kier molecular flexibility index (Phi) is 7.65. The van der Waals surface area contributed by atoms with E-state index in [0.717, 1.165) is 37.1 Å². The van der Waals surface area contributed by atoms with Crippen LogP contribution in [0.4, 0.5) is 11.8 Å². The van der Waals surface area contributed by atoms with E-state index in [1.54, 1.807) is 17.2 Å². The lowest BCUT2D eigenvalue weighted by Crippen LogP contribution is -2.30. The summed E-state index contributed by atoms with van der Waals surface area (Å²) in [5, 5.41) is 46.9. The van der Waals surface area contributed by atoms with Gasteiger partial charge in [-0.15, -0.1) is 0 Å². The molecular weight excluding hydrogens is 510 g/mol. The van der Waals surface area contributed by atoms with Crippen molar-refractivity contribution in [2.75, 3.05) is 30.3 Å². The number of aliphatic hydroxyl groups excluding tert-OH is 3. The van der Waals surface area contributed by atoms with E-state index in [4.69, 9.17) is 9.97 Å². The second-order valence-electron chi connectivity index (χ2n) is 10.8. The first-order valence-electron chi connectivity index (χ1n) is 14.1. The number of nitrogens with one attached hydrogen (secondary N) is 3. The summed E-state index contributed by atoms with van der Waals surface area (Å²) in [6, 6.07) is 9.06. The Morgan fingerprint density at radius 3 is 2.65 bits per heavy atom. The molecule has 12 nitrogen and oxygen atoms in total. The minimum absolute atomic E-state index is 0.0881. The fourth-order valence-corrected chi connectivity index (χ4v) is 5.80. The van der Waals surface area contributed by atoms with Gasteiger partial charge in [0.25, 0.3) is 0 Å². The molecule has 4 heterocycles. The summed E-state index contributed by atoms with van der Waals surface area (Å²) in [6.45, 7) is 3.71. The maximum Gasteiger partial charge on any atom is 0.227 e.